The fourth-order valence-corrected chi connectivity index (χ4v) is 16.2. The van der Waals surface area contributed by atoms with Crippen molar-refractivity contribution in [3.63, 3.8) is 0 Å². The van der Waals surface area contributed by atoms with Crippen LogP contribution in [0.15, 0.2) is 223 Å². The summed E-state index contributed by atoms with van der Waals surface area (Å²) < 4.78 is 42.6. The quantitative estimate of drug-likeness (QED) is 0.0925. The van der Waals surface area contributed by atoms with E-state index in [1.165, 1.54) is 117 Å². The van der Waals surface area contributed by atoms with Crippen LogP contribution in [0.2, 0.25) is 0 Å². The maximum Gasteiger partial charge on any atom is 0.514 e. The molecular formula is C81H76B3BrN2O6S2. The minimum Gasteiger partial charge on any atom is -0.405 e. The van der Waals surface area contributed by atoms with Gasteiger partial charge >= 0.3 is 21.1 Å². The number of nitrogens with zero attached hydrogens (tertiary/aromatic N) is 2. The van der Waals surface area contributed by atoms with Crippen LogP contribution in [0.4, 0.5) is 0 Å². The molecule has 474 valence electrons. The third kappa shape index (κ3) is 11.1. The second-order valence-electron chi connectivity index (χ2n) is 27.9. The lowest BCUT2D eigenvalue weighted by Crippen LogP contribution is -2.41. The number of thiophene rings is 2. The number of benzene rings is 10. The van der Waals surface area contributed by atoms with Gasteiger partial charge in [0.2, 0.25) is 0 Å². The summed E-state index contributed by atoms with van der Waals surface area (Å²) in [6.45, 7) is 24.5. The van der Waals surface area contributed by atoms with Crippen molar-refractivity contribution in [2.75, 3.05) is 0 Å². The summed E-state index contributed by atoms with van der Waals surface area (Å²) in [5.41, 5.74) is 8.34. The second-order valence-corrected chi connectivity index (χ2v) is 30.8. The van der Waals surface area contributed by atoms with E-state index in [1.807, 2.05) is 103 Å². The van der Waals surface area contributed by atoms with Gasteiger partial charge in [-0.3, -0.25) is 4.98 Å². The molecule has 0 radical (unpaired) electrons. The topological polar surface area (TPSA) is 81.2 Å². The van der Waals surface area contributed by atoms with E-state index in [9.17, 15) is 0 Å². The molecule has 8 nitrogen and oxygen atoms in total. The molecule has 0 unspecified atom stereocenters. The summed E-state index contributed by atoms with van der Waals surface area (Å²) in [6, 6.07) is 74.5. The van der Waals surface area contributed by atoms with Crippen LogP contribution in [0.5, 0.6) is 0 Å². The first-order valence-corrected chi connectivity index (χ1v) is 34.8. The predicted molar refractivity (Wildman–Crippen MR) is 408 cm³/mol. The van der Waals surface area contributed by atoms with Crippen molar-refractivity contribution in [1.82, 2.24) is 9.97 Å². The SMILES string of the molecule is Brc1ccc(-c2c3ccccc3c(-c3cccc4c3sc3ccccc34)c3ccccc23)cn1.C.CC1(C)OB(B2OC(C)(C)C(C)(C)O2)OC1(C)C.CC1(C)OB(c2ccc(-c3c4ccccc4c(-c4cccc5c4sc4ccccc45)c4ccccc34)cn2)OC1(C)C. The van der Waals surface area contributed by atoms with Gasteiger partial charge in [-0.1, -0.05) is 189 Å². The Morgan fingerprint density at radius 2 is 0.600 bits per heavy atom. The Hall–Kier alpha value is -7.59. The fraction of sp³-hybridized carbons (Fsp3) is 0.235. The Balaban J connectivity index is 0.000000132. The molecule has 0 N–H and O–H groups in total. The number of rotatable bonds is 6. The molecule has 0 amide bonds. The molecule has 14 aromatic rings. The van der Waals surface area contributed by atoms with Gasteiger partial charge in [0.25, 0.3) is 0 Å². The monoisotopic (exact) mass is 1350 g/mol. The molecule has 3 saturated heterocycles. The number of aromatic nitrogens is 2. The summed E-state index contributed by atoms with van der Waals surface area (Å²) >= 11 is 7.25. The third-order valence-corrected chi connectivity index (χ3v) is 23.5. The first-order valence-electron chi connectivity index (χ1n) is 32.3. The number of hydrogen-bond donors (Lipinski definition) is 0. The lowest BCUT2D eigenvalue weighted by Gasteiger charge is -2.32. The minimum absolute atomic E-state index is 0. The molecule has 0 atom stereocenters. The van der Waals surface area contributed by atoms with Gasteiger partial charge in [0.1, 0.15) is 4.60 Å². The first kappa shape index (κ1) is 64.7. The minimum atomic E-state index is -0.485. The normalized spacial score (nSPS) is 17.4. The van der Waals surface area contributed by atoms with Gasteiger partial charge in [0, 0.05) is 75.0 Å². The van der Waals surface area contributed by atoms with Gasteiger partial charge < -0.3 is 27.9 Å². The Morgan fingerprint density at radius 1 is 0.305 bits per heavy atom. The number of fused-ring (bicyclic) bond motifs is 10. The molecule has 0 bridgehead atoms. The van der Waals surface area contributed by atoms with E-state index in [4.69, 9.17) is 32.9 Å². The zero-order valence-corrected chi connectivity index (χ0v) is 58.3. The standard InChI is InChI=1S/C37H30BNO2S.C31H18BrNS.C12H24B2O4.CH4/c1-36(2)37(3,4)41-38(40-36)32-21-20-23(22-39-32)33-25-13-5-7-15-27(25)34(28-16-8-6-14-26(28)33)30-18-11-17-29-24-12-9-10-19-31(24)42-35(29)30;32-28-17-16-19(18-33-28)29-21-9-1-3-11-23(21)30(24-12-4-2-10-22(24)29)26-14-7-13-25-20-8-5-6-15-27(20)34-31(25)26;1-9(2)10(3,4)16-13(15-9)14-17-11(5,6)12(7,8)18-14;/h5-22H,1-4H3;1-18H;1-8H3;1H4. The molecule has 4 aromatic heterocycles. The zero-order valence-electron chi connectivity index (χ0n) is 55.1. The summed E-state index contributed by atoms with van der Waals surface area (Å²) in [7, 11) is -1.44. The Labute approximate surface area is 574 Å². The average Bonchev–Trinajstić information content (AvgIpc) is 1.42. The highest BCUT2D eigenvalue weighted by Gasteiger charge is 2.64. The van der Waals surface area contributed by atoms with E-state index in [0.29, 0.717) is 0 Å². The molecule has 10 aromatic carbocycles. The molecule has 0 saturated carbocycles. The number of pyridine rings is 2. The summed E-state index contributed by atoms with van der Waals surface area (Å²) in [6.07, 6.45) is 3.94. The van der Waals surface area contributed by atoms with Crippen LogP contribution >= 0.6 is 38.6 Å². The second kappa shape index (κ2) is 24.2. The molecule has 0 aliphatic carbocycles. The average molecular weight is 1350 g/mol. The summed E-state index contributed by atoms with van der Waals surface area (Å²) in [5.74, 6) is 0. The molecule has 3 fully saturated rings. The van der Waals surface area contributed by atoms with Crippen molar-refractivity contribution in [3.05, 3.63) is 223 Å². The molecule has 3 aliphatic heterocycles. The molecule has 0 spiro atoms. The highest BCUT2D eigenvalue weighted by molar-refractivity contribution is 9.10. The van der Waals surface area contributed by atoms with E-state index in [2.05, 4.69) is 243 Å². The maximum absolute atomic E-state index is 6.27. The van der Waals surface area contributed by atoms with E-state index in [1.54, 1.807) is 0 Å². The Kier molecular flexibility index (Phi) is 16.5. The summed E-state index contributed by atoms with van der Waals surface area (Å²) in [4.78, 5) is 9.41. The summed E-state index contributed by atoms with van der Waals surface area (Å²) in [5, 5.41) is 15.2. The van der Waals surface area contributed by atoms with Crippen molar-refractivity contribution in [1.29, 1.82) is 0 Å². The molecule has 14 heteroatoms. The molecule has 95 heavy (non-hydrogen) atoms. The Morgan fingerprint density at radius 3 is 0.926 bits per heavy atom. The zero-order chi connectivity index (χ0) is 65.3. The first-order chi connectivity index (χ1) is 45.0. The van der Waals surface area contributed by atoms with Crippen molar-refractivity contribution in [2.24, 2.45) is 0 Å². The van der Waals surface area contributed by atoms with Gasteiger partial charge in [-0.25, -0.2) is 4.98 Å². The third-order valence-electron chi connectivity index (χ3n) is 20.6. The van der Waals surface area contributed by atoms with Crippen LogP contribution in [0.1, 0.15) is 90.5 Å². The lowest BCUT2D eigenvalue weighted by molar-refractivity contribution is 0.00578. The van der Waals surface area contributed by atoms with Gasteiger partial charge in [0.15, 0.2) is 0 Å². The van der Waals surface area contributed by atoms with Crippen LogP contribution < -0.4 is 5.59 Å². The van der Waals surface area contributed by atoms with Crippen LogP contribution in [-0.2, 0) is 27.9 Å². The largest absolute Gasteiger partial charge is 0.514 e. The van der Waals surface area contributed by atoms with Gasteiger partial charge in [-0.15, -0.1) is 22.7 Å². The van der Waals surface area contributed by atoms with Crippen LogP contribution in [0, 0.1) is 0 Å². The molecule has 17 rings (SSSR count). The van der Waals surface area contributed by atoms with E-state index in [0.717, 1.165) is 21.3 Å². The van der Waals surface area contributed by atoms with Crippen LogP contribution in [0.3, 0.4) is 0 Å². The van der Waals surface area contributed by atoms with Gasteiger partial charge in [-0.2, -0.15) is 0 Å². The van der Waals surface area contributed by atoms with Gasteiger partial charge in [0.05, 0.1) is 39.2 Å². The highest BCUT2D eigenvalue weighted by atomic mass is 79.9. The smallest absolute Gasteiger partial charge is 0.405 e. The Bertz CT molecular complexity index is 5100. The molecular weight excluding hydrogens is 1270 g/mol. The lowest BCUT2D eigenvalue weighted by atomic mass is 9.49. The maximum atomic E-state index is 6.27. The van der Waals surface area contributed by atoms with E-state index in [-0.39, 0.29) is 29.8 Å². The van der Waals surface area contributed by atoms with E-state index < -0.39 is 32.3 Å². The van der Waals surface area contributed by atoms with Crippen molar-refractivity contribution < 1.29 is 27.9 Å². The highest BCUT2D eigenvalue weighted by Crippen LogP contribution is 2.51. The van der Waals surface area contributed by atoms with Gasteiger partial charge in [-0.05, 0) is 189 Å². The van der Waals surface area contributed by atoms with Crippen LogP contribution in [-0.4, -0.2) is 64.7 Å². The molecule has 7 heterocycles. The number of hydrogen-bond acceptors (Lipinski definition) is 10. The van der Waals surface area contributed by atoms with Crippen molar-refractivity contribution >= 4 is 149 Å². The van der Waals surface area contributed by atoms with Crippen LogP contribution in [0.25, 0.3) is 128 Å². The van der Waals surface area contributed by atoms with Crippen molar-refractivity contribution in [2.45, 2.75) is 124 Å². The fourth-order valence-electron chi connectivity index (χ4n) is 13.5. The predicted octanol–water partition coefficient (Wildman–Crippen LogP) is 22.1. The number of halogens is 1. The van der Waals surface area contributed by atoms with Crippen molar-refractivity contribution in [3.8, 4) is 44.5 Å². The van der Waals surface area contributed by atoms with E-state index >= 15 is 0 Å². The molecule has 3 aliphatic rings.